The molecule has 1 saturated carbocycles. The first kappa shape index (κ1) is 21.5. The Morgan fingerprint density at radius 2 is 2.00 bits per heavy atom. The third-order valence-corrected chi connectivity index (χ3v) is 6.74. The van der Waals surface area contributed by atoms with Crippen LogP contribution in [-0.4, -0.2) is 77.0 Å². The second kappa shape index (κ2) is 8.78. The van der Waals surface area contributed by atoms with Crippen molar-refractivity contribution in [3.63, 3.8) is 0 Å². The smallest absolute Gasteiger partial charge is 0.534 e. The van der Waals surface area contributed by atoms with Gasteiger partial charge in [0, 0.05) is 32.6 Å². The third-order valence-electron chi connectivity index (χ3n) is 6.74. The molecule has 1 unspecified atom stereocenters. The predicted molar refractivity (Wildman–Crippen MR) is 115 cm³/mol. The molecular formula is C21H29BN4O5. The van der Waals surface area contributed by atoms with Gasteiger partial charge in [-0.3, -0.25) is 10.2 Å². The highest BCUT2D eigenvalue weighted by Gasteiger charge is 2.38. The van der Waals surface area contributed by atoms with Crippen molar-refractivity contribution in [1.29, 1.82) is 5.41 Å². The summed E-state index contributed by atoms with van der Waals surface area (Å²) in [6.07, 6.45) is 4.57. The Hall–Kier alpha value is -2.75. The van der Waals surface area contributed by atoms with Gasteiger partial charge in [0.25, 0.3) is 0 Å². The molecule has 166 valence electrons. The van der Waals surface area contributed by atoms with Gasteiger partial charge in [-0.1, -0.05) is 12.1 Å². The van der Waals surface area contributed by atoms with E-state index in [1.807, 2.05) is 11.9 Å². The molecule has 0 bridgehead atoms. The zero-order chi connectivity index (χ0) is 22.1. The van der Waals surface area contributed by atoms with Crippen LogP contribution < -0.4 is 9.97 Å². The van der Waals surface area contributed by atoms with Crippen LogP contribution in [0.25, 0.3) is 0 Å². The molecule has 2 aliphatic heterocycles. The minimum atomic E-state index is -1.29. The van der Waals surface area contributed by atoms with E-state index in [0.717, 1.165) is 38.8 Å². The molecule has 10 heteroatoms. The fraction of sp³-hybridized carbons (Fsp3) is 0.571. The van der Waals surface area contributed by atoms with Gasteiger partial charge >= 0.3 is 13.1 Å². The second-order valence-corrected chi connectivity index (χ2v) is 8.80. The topological polar surface area (TPSA) is 126 Å². The van der Waals surface area contributed by atoms with Gasteiger partial charge in [-0.25, -0.2) is 4.79 Å². The maximum absolute atomic E-state index is 12.6. The van der Waals surface area contributed by atoms with Gasteiger partial charge in [0.1, 0.15) is 5.75 Å². The third kappa shape index (κ3) is 4.49. The first-order valence-corrected chi connectivity index (χ1v) is 10.9. The second-order valence-electron chi connectivity index (χ2n) is 8.80. The summed E-state index contributed by atoms with van der Waals surface area (Å²) in [6, 6.07) is 5.20. The average molecular weight is 428 g/mol. The normalized spacial score (nSPS) is 25.8. The van der Waals surface area contributed by atoms with Crippen LogP contribution in [0.2, 0.25) is 0 Å². The molecule has 4 rings (SSSR count). The summed E-state index contributed by atoms with van der Waals surface area (Å²) < 4.78 is 5.45. The minimum Gasteiger partial charge on any atom is -0.534 e. The van der Waals surface area contributed by atoms with E-state index >= 15 is 0 Å². The highest BCUT2D eigenvalue weighted by molar-refractivity contribution is 6.47. The molecule has 0 radical (unpaired) electrons. The van der Waals surface area contributed by atoms with E-state index < -0.39 is 19.0 Å². The monoisotopic (exact) mass is 428 g/mol. The van der Waals surface area contributed by atoms with Crippen molar-refractivity contribution in [3.05, 3.63) is 29.3 Å². The van der Waals surface area contributed by atoms with E-state index in [-0.39, 0.29) is 17.2 Å². The van der Waals surface area contributed by atoms with Crippen LogP contribution in [0.1, 0.15) is 48.0 Å². The fourth-order valence-electron chi connectivity index (χ4n) is 4.95. The van der Waals surface area contributed by atoms with Gasteiger partial charge in [-0.05, 0) is 49.7 Å². The Bertz CT molecular complexity index is 873. The van der Waals surface area contributed by atoms with Gasteiger partial charge < -0.3 is 29.9 Å². The number of hydrogen-bond donors (Lipinski definition) is 4. The molecule has 2 fully saturated rings. The van der Waals surface area contributed by atoms with Gasteiger partial charge in [-0.2, -0.15) is 0 Å². The maximum atomic E-state index is 12.6. The summed E-state index contributed by atoms with van der Waals surface area (Å²) in [4.78, 5) is 28.1. The summed E-state index contributed by atoms with van der Waals surface area (Å²) >= 11 is 0. The van der Waals surface area contributed by atoms with Crippen molar-refractivity contribution < 1.29 is 24.4 Å². The Balaban J connectivity index is 1.28. The number of nitrogens with zero attached hydrogens (tertiary/aromatic N) is 2. The lowest BCUT2D eigenvalue weighted by molar-refractivity contribution is -0.122. The van der Waals surface area contributed by atoms with Crippen molar-refractivity contribution in [3.8, 4) is 5.75 Å². The van der Waals surface area contributed by atoms with E-state index in [2.05, 4.69) is 10.2 Å². The predicted octanol–water partition coefficient (Wildman–Crippen LogP) is 0.955. The zero-order valence-electron chi connectivity index (χ0n) is 17.7. The minimum absolute atomic E-state index is 0.00960. The number of nitrogens with one attached hydrogen (secondary N) is 2. The van der Waals surface area contributed by atoms with Crippen LogP contribution in [-0.2, 0) is 11.2 Å². The number of aromatic carboxylic acids is 1. The summed E-state index contributed by atoms with van der Waals surface area (Å²) in [7, 11) is 0.661. The van der Waals surface area contributed by atoms with Crippen molar-refractivity contribution in [1.82, 2.24) is 15.1 Å². The molecule has 3 aliphatic rings. The van der Waals surface area contributed by atoms with Crippen LogP contribution in [0.4, 0.5) is 0 Å². The van der Waals surface area contributed by atoms with Crippen molar-refractivity contribution in [2.75, 3.05) is 20.1 Å². The molecule has 1 saturated heterocycles. The molecular weight excluding hydrogens is 399 g/mol. The van der Waals surface area contributed by atoms with E-state index in [1.54, 1.807) is 12.1 Å². The molecule has 1 amide bonds. The Kier molecular flexibility index (Phi) is 6.09. The first-order chi connectivity index (χ1) is 14.8. The quantitative estimate of drug-likeness (QED) is 0.515. The number of guanidine groups is 1. The van der Waals surface area contributed by atoms with E-state index in [0.29, 0.717) is 36.3 Å². The largest absolute Gasteiger partial charge is 0.547 e. The standard InChI is InChI=1S/C21H29BN4O5/c1-25-9-10-26(21(25)23)15-7-5-13(6-8-15)11-18(27)24-17-12-14-3-2-4-16(20(28)29)19(14)31-22(17)30/h2-4,13,15,17,23,30H,5-12H2,1H3,(H,24,27)(H,28,29). The van der Waals surface area contributed by atoms with Gasteiger partial charge in [0.2, 0.25) is 5.91 Å². The first-order valence-electron chi connectivity index (χ1n) is 10.9. The Labute approximate surface area is 182 Å². The number of carbonyl (C=O) groups excluding carboxylic acids is 1. The molecule has 2 heterocycles. The number of carboxylic acids is 1. The molecule has 0 aromatic heterocycles. The summed E-state index contributed by atoms with van der Waals surface area (Å²) in [5, 5.41) is 30.7. The lowest BCUT2D eigenvalue weighted by Crippen LogP contribution is -2.53. The maximum Gasteiger partial charge on any atom is 0.547 e. The van der Waals surface area contributed by atoms with Gasteiger partial charge in [0.05, 0.1) is 11.5 Å². The molecule has 0 spiro atoms. The highest BCUT2D eigenvalue weighted by atomic mass is 16.5. The van der Waals surface area contributed by atoms with E-state index in [1.165, 1.54) is 6.07 Å². The zero-order valence-corrected chi connectivity index (χ0v) is 17.7. The lowest BCUT2D eigenvalue weighted by Gasteiger charge is -2.35. The van der Waals surface area contributed by atoms with Crippen molar-refractivity contribution >= 4 is 25.0 Å². The highest BCUT2D eigenvalue weighted by Crippen LogP contribution is 2.32. The van der Waals surface area contributed by atoms with Crippen LogP contribution in [0.15, 0.2) is 18.2 Å². The SMILES string of the molecule is CN1CCN(C2CCC(CC(=O)NC3Cc4cccc(C(=O)O)c4OB3O)CC2)C1=N. The van der Waals surface area contributed by atoms with E-state index in [9.17, 15) is 19.7 Å². The molecule has 1 aromatic rings. The molecule has 1 aromatic carbocycles. The van der Waals surface area contributed by atoms with Crippen LogP contribution in [0.3, 0.4) is 0 Å². The number of likely N-dealkylation sites (N-methyl/N-ethyl adjacent to an activating group) is 1. The Morgan fingerprint density at radius 1 is 1.26 bits per heavy atom. The van der Waals surface area contributed by atoms with Gasteiger partial charge in [0.15, 0.2) is 5.96 Å². The molecule has 1 aliphatic carbocycles. The molecule has 31 heavy (non-hydrogen) atoms. The fourth-order valence-corrected chi connectivity index (χ4v) is 4.95. The lowest BCUT2D eigenvalue weighted by atomic mass is 9.72. The summed E-state index contributed by atoms with van der Waals surface area (Å²) in [5.74, 6) is -0.789. The summed E-state index contributed by atoms with van der Waals surface area (Å²) in [6.45, 7) is 1.79. The number of benzene rings is 1. The van der Waals surface area contributed by atoms with Crippen LogP contribution >= 0.6 is 0 Å². The van der Waals surface area contributed by atoms with Gasteiger partial charge in [-0.15, -0.1) is 0 Å². The van der Waals surface area contributed by atoms with Crippen molar-refractivity contribution in [2.24, 2.45) is 5.92 Å². The van der Waals surface area contributed by atoms with Crippen LogP contribution in [0.5, 0.6) is 5.75 Å². The Morgan fingerprint density at radius 3 is 2.65 bits per heavy atom. The number of hydrogen-bond acceptors (Lipinski definition) is 5. The summed E-state index contributed by atoms with van der Waals surface area (Å²) in [5.41, 5.74) is 0.671. The number of para-hydroxylation sites is 1. The number of carboxylic acid groups (broad SMARTS) is 1. The molecule has 1 atom stereocenters. The number of fused-ring (bicyclic) bond motifs is 1. The number of carbonyl (C=O) groups is 2. The number of rotatable bonds is 5. The van der Waals surface area contributed by atoms with Crippen molar-refractivity contribution in [2.45, 2.75) is 50.5 Å². The molecule has 4 N–H and O–H groups in total. The molecule has 9 nitrogen and oxygen atoms in total. The number of amides is 1. The average Bonchev–Trinajstić information content (AvgIpc) is 3.07. The van der Waals surface area contributed by atoms with E-state index in [4.69, 9.17) is 10.1 Å². The van der Waals surface area contributed by atoms with Crippen LogP contribution in [0, 0.1) is 11.3 Å².